The largest absolute Gasteiger partial charge is 0.494 e. The Kier molecular flexibility index (Phi) is 12.4. The lowest BCUT2D eigenvalue weighted by Gasteiger charge is -2.11. The van der Waals surface area contributed by atoms with Gasteiger partial charge in [0.2, 0.25) is 0 Å². The van der Waals surface area contributed by atoms with Gasteiger partial charge in [-0.1, -0.05) is 12.1 Å². The second-order valence-electron chi connectivity index (χ2n) is 4.83. The summed E-state index contributed by atoms with van der Waals surface area (Å²) >= 11 is 0. The van der Waals surface area contributed by atoms with Crippen LogP contribution in [0.5, 0.6) is 5.75 Å². The zero-order valence-electron chi connectivity index (χ0n) is 12.0. The fourth-order valence-electron chi connectivity index (χ4n) is 1.66. The third-order valence-electron chi connectivity index (χ3n) is 2.50. The van der Waals surface area contributed by atoms with E-state index >= 15 is 0 Å². The van der Waals surface area contributed by atoms with E-state index in [0.717, 1.165) is 31.7 Å². The quantitative estimate of drug-likeness (QED) is 0.787. The molecule has 0 spiro atoms. The van der Waals surface area contributed by atoms with Crippen molar-refractivity contribution < 1.29 is 4.74 Å². The second-order valence-corrected chi connectivity index (χ2v) is 4.83. The lowest BCUT2D eigenvalue weighted by molar-refractivity contribution is 0.281. The van der Waals surface area contributed by atoms with Crippen molar-refractivity contribution in [1.29, 1.82) is 0 Å². The Bertz CT molecular complexity index is 316. The highest BCUT2D eigenvalue weighted by atomic mass is 35.5. The fraction of sp³-hybridized carbons (Fsp3) is 0.571. The number of halogens is 2. The van der Waals surface area contributed by atoms with Gasteiger partial charge in [0.05, 0.1) is 6.61 Å². The van der Waals surface area contributed by atoms with Gasteiger partial charge in [0.25, 0.3) is 0 Å². The summed E-state index contributed by atoms with van der Waals surface area (Å²) in [6.07, 6.45) is 1.97. The maximum Gasteiger partial charge on any atom is 0.119 e. The molecule has 0 radical (unpaired) electrons. The molecule has 0 heterocycles. The van der Waals surface area contributed by atoms with Gasteiger partial charge in [0.1, 0.15) is 5.75 Å². The summed E-state index contributed by atoms with van der Waals surface area (Å²) < 4.78 is 5.66. The normalized spacial score (nSPS) is 11.4. The molecule has 0 aliphatic heterocycles. The van der Waals surface area contributed by atoms with Crippen LogP contribution in [0.3, 0.4) is 0 Å². The number of benzene rings is 1. The number of ether oxygens (including phenoxy) is 1. The van der Waals surface area contributed by atoms with Crippen molar-refractivity contribution in [2.45, 2.75) is 25.8 Å². The van der Waals surface area contributed by atoms with Crippen LogP contribution in [0.25, 0.3) is 0 Å². The van der Waals surface area contributed by atoms with E-state index in [1.807, 2.05) is 19.1 Å². The highest BCUT2D eigenvalue weighted by Gasteiger charge is 1.99. The molecule has 0 aliphatic rings. The topological polar surface area (TPSA) is 38.5 Å². The van der Waals surface area contributed by atoms with E-state index in [1.165, 1.54) is 5.56 Å². The number of nitrogens with zero attached hydrogens (tertiary/aromatic N) is 1. The van der Waals surface area contributed by atoms with E-state index in [4.69, 9.17) is 10.5 Å². The van der Waals surface area contributed by atoms with Gasteiger partial charge in [-0.25, -0.2) is 0 Å². The Balaban J connectivity index is 0. The third kappa shape index (κ3) is 10.0. The van der Waals surface area contributed by atoms with Gasteiger partial charge in [-0.15, -0.1) is 24.8 Å². The maximum absolute atomic E-state index is 5.75. The summed E-state index contributed by atoms with van der Waals surface area (Å²) in [5.74, 6) is 0.942. The Morgan fingerprint density at radius 1 is 1.16 bits per heavy atom. The minimum Gasteiger partial charge on any atom is -0.494 e. The summed E-state index contributed by atoms with van der Waals surface area (Å²) in [4.78, 5) is 2.16. The smallest absolute Gasteiger partial charge is 0.119 e. The Hall–Kier alpha value is -0.480. The van der Waals surface area contributed by atoms with Crippen molar-refractivity contribution in [2.75, 3.05) is 27.2 Å². The molecular formula is C14H26Cl2N2O. The SMILES string of the molecule is CC(N)Cc1ccc(OCCCN(C)C)cc1.Cl.Cl. The molecule has 1 aromatic rings. The van der Waals surface area contributed by atoms with Crippen LogP contribution in [0.4, 0.5) is 0 Å². The first-order chi connectivity index (χ1) is 8.08. The molecule has 1 atom stereocenters. The minimum atomic E-state index is 0. The molecule has 1 unspecified atom stereocenters. The number of rotatable bonds is 7. The Labute approximate surface area is 129 Å². The average molecular weight is 309 g/mol. The minimum absolute atomic E-state index is 0. The highest BCUT2D eigenvalue weighted by Crippen LogP contribution is 2.13. The third-order valence-corrected chi connectivity index (χ3v) is 2.50. The molecule has 0 aliphatic carbocycles. The Morgan fingerprint density at radius 3 is 2.21 bits per heavy atom. The first kappa shape index (κ1) is 20.8. The van der Waals surface area contributed by atoms with Gasteiger partial charge in [0, 0.05) is 12.6 Å². The van der Waals surface area contributed by atoms with Crippen LogP contribution in [0, 0.1) is 0 Å². The van der Waals surface area contributed by atoms with Crippen molar-refractivity contribution in [1.82, 2.24) is 4.90 Å². The summed E-state index contributed by atoms with van der Waals surface area (Å²) in [6, 6.07) is 8.43. The van der Waals surface area contributed by atoms with Crippen molar-refractivity contribution in [3.05, 3.63) is 29.8 Å². The molecule has 0 saturated heterocycles. The predicted molar refractivity (Wildman–Crippen MR) is 87.0 cm³/mol. The maximum atomic E-state index is 5.75. The van der Waals surface area contributed by atoms with Crippen LogP contribution in [-0.2, 0) is 6.42 Å². The van der Waals surface area contributed by atoms with E-state index in [9.17, 15) is 0 Å². The molecule has 0 aromatic heterocycles. The molecule has 3 nitrogen and oxygen atoms in total. The van der Waals surface area contributed by atoms with Gasteiger partial charge in [-0.3, -0.25) is 0 Å². The second kappa shape index (κ2) is 11.4. The molecule has 1 rings (SSSR count). The first-order valence-corrected chi connectivity index (χ1v) is 6.20. The van der Waals surface area contributed by atoms with Crippen LogP contribution in [0.15, 0.2) is 24.3 Å². The van der Waals surface area contributed by atoms with Crippen molar-refractivity contribution in [3.8, 4) is 5.75 Å². The van der Waals surface area contributed by atoms with Crippen molar-refractivity contribution >= 4 is 24.8 Å². The van der Waals surface area contributed by atoms with E-state index < -0.39 is 0 Å². The first-order valence-electron chi connectivity index (χ1n) is 6.20. The van der Waals surface area contributed by atoms with Crippen LogP contribution in [0.2, 0.25) is 0 Å². The molecule has 112 valence electrons. The summed E-state index contributed by atoms with van der Waals surface area (Å²) in [7, 11) is 4.14. The lowest BCUT2D eigenvalue weighted by atomic mass is 10.1. The fourth-order valence-corrected chi connectivity index (χ4v) is 1.66. The van der Waals surface area contributed by atoms with Crippen LogP contribution >= 0.6 is 24.8 Å². The number of hydrogen-bond acceptors (Lipinski definition) is 3. The number of nitrogens with two attached hydrogens (primary N) is 1. The summed E-state index contributed by atoms with van der Waals surface area (Å²) in [5.41, 5.74) is 7.02. The molecule has 1 aromatic carbocycles. The zero-order chi connectivity index (χ0) is 12.7. The van der Waals surface area contributed by atoms with Crippen LogP contribution in [0.1, 0.15) is 18.9 Å². The van der Waals surface area contributed by atoms with Crippen molar-refractivity contribution in [2.24, 2.45) is 5.73 Å². The molecule has 0 amide bonds. The molecule has 0 saturated carbocycles. The monoisotopic (exact) mass is 308 g/mol. The average Bonchev–Trinajstić information content (AvgIpc) is 2.25. The van der Waals surface area contributed by atoms with Gasteiger partial charge >= 0.3 is 0 Å². The van der Waals surface area contributed by atoms with E-state index in [1.54, 1.807) is 0 Å². The predicted octanol–water partition coefficient (Wildman–Crippen LogP) is 2.75. The standard InChI is InChI=1S/C14H24N2O.2ClH/c1-12(15)11-13-5-7-14(8-6-13)17-10-4-9-16(2)3;;/h5-8,12H,4,9-11,15H2,1-3H3;2*1H. The lowest BCUT2D eigenvalue weighted by Crippen LogP contribution is -2.17. The zero-order valence-corrected chi connectivity index (χ0v) is 13.6. The van der Waals surface area contributed by atoms with Crippen LogP contribution < -0.4 is 10.5 Å². The van der Waals surface area contributed by atoms with Gasteiger partial charge < -0.3 is 15.4 Å². The van der Waals surface area contributed by atoms with E-state index in [-0.39, 0.29) is 30.9 Å². The summed E-state index contributed by atoms with van der Waals surface area (Å²) in [6.45, 7) is 3.85. The van der Waals surface area contributed by atoms with Gasteiger partial charge in [-0.05, 0) is 51.6 Å². The Morgan fingerprint density at radius 2 is 1.74 bits per heavy atom. The molecule has 2 N–H and O–H groups in total. The number of hydrogen-bond donors (Lipinski definition) is 1. The van der Waals surface area contributed by atoms with Crippen molar-refractivity contribution in [3.63, 3.8) is 0 Å². The van der Waals surface area contributed by atoms with Gasteiger partial charge in [0.15, 0.2) is 0 Å². The van der Waals surface area contributed by atoms with Crippen LogP contribution in [-0.4, -0.2) is 38.2 Å². The van der Waals surface area contributed by atoms with E-state index in [0.29, 0.717) is 0 Å². The highest BCUT2D eigenvalue weighted by molar-refractivity contribution is 5.85. The van der Waals surface area contributed by atoms with Gasteiger partial charge in [-0.2, -0.15) is 0 Å². The molecular weight excluding hydrogens is 283 g/mol. The molecule has 5 heteroatoms. The molecule has 0 fully saturated rings. The molecule has 19 heavy (non-hydrogen) atoms. The molecule has 0 bridgehead atoms. The summed E-state index contributed by atoms with van der Waals surface area (Å²) in [5, 5.41) is 0. The van der Waals surface area contributed by atoms with E-state index in [2.05, 4.69) is 31.1 Å².